The number of non-ortho nitro benzene ring substituents is 1. The number of ether oxygens (including phenoxy) is 1. The molecule has 6 nitrogen and oxygen atoms in total. The van der Waals surface area contributed by atoms with E-state index in [2.05, 4.69) is 5.32 Å². The van der Waals surface area contributed by atoms with Crippen molar-refractivity contribution in [1.82, 2.24) is 0 Å². The summed E-state index contributed by atoms with van der Waals surface area (Å²) in [5.74, 6) is 0.609. The number of anilines is 1. The number of aryl methyl sites for hydroxylation is 1. The average Bonchev–Trinajstić information content (AvgIpc) is 2.65. The normalized spacial score (nSPS) is 10.3. The largest absolute Gasteiger partial charge is 0.455 e. The quantitative estimate of drug-likeness (QED) is 0.460. The Balaban J connectivity index is 1.82. The van der Waals surface area contributed by atoms with E-state index in [1.54, 1.807) is 24.3 Å². The van der Waals surface area contributed by atoms with Crippen molar-refractivity contribution in [2.45, 2.75) is 6.92 Å². The van der Waals surface area contributed by atoms with Crippen LogP contribution in [0.4, 0.5) is 11.4 Å². The van der Waals surface area contributed by atoms with Crippen molar-refractivity contribution >= 4 is 28.9 Å². The number of amides is 1. The van der Waals surface area contributed by atoms with Gasteiger partial charge in [-0.1, -0.05) is 41.4 Å². The Kier molecular flexibility index (Phi) is 5.38. The van der Waals surface area contributed by atoms with Gasteiger partial charge in [0.15, 0.2) is 5.75 Å². The third-order valence-corrected chi connectivity index (χ3v) is 4.10. The molecule has 27 heavy (non-hydrogen) atoms. The molecule has 0 unspecified atom stereocenters. The summed E-state index contributed by atoms with van der Waals surface area (Å²) in [4.78, 5) is 22.8. The van der Waals surface area contributed by atoms with Crippen LogP contribution >= 0.6 is 11.6 Å². The average molecular weight is 383 g/mol. The first-order valence-electron chi connectivity index (χ1n) is 8.03. The van der Waals surface area contributed by atoms with E-state index in [1.807, 2.05) is 31.2 Å². The summed E-state index contributed by atoms with van der Waals surface area (Å²) in [6.45, 7) is 1.98. The number of benzene rings is 3. The second-order valence-corrected chi connectivity index (χ2v) is 6.19. The minimum absolute atomic E-state index is 0.00126. The Morgan fingerprint density at radius 3 is 2.44 bits per heavy atom. The molecule has 7 heteroatoms. The second-order valence-electron chi connectivity index (χ2n) is 5.79. The lowest BCUT2D eigenvalue weighted by atomic mass is 10.2. The van der Waals surface area contributed by atoms with E-state index in [9.17, 15) is 14.9 Å². The number of nitrogens with one attached hydrogen (secondary N) is 1. The topological polar surface area (TPSA) is 81.5 Å². The van der Waals surface area contributed by atoms with Crippen LogP contribution in [0.3, 0.4) is 0 Å². The fourth-order valence-electron chi connectivity index (χ4n) is 2.38. The molecule has 0 saturated carbocycles. The van der Waals surface area contributed by atoms with Crippen molar-refractivity contribution in [2.24, 2.45) is 0 Å². The van der Waals surface area contributed by atoms with Gasteiger partial charge in [0.1, 0.15) is 5.75 Å². The van der Waals surface area contributed by atoms with Gasteiger partial charge in [0.25, 0.3) is 11.6 Å². The molecule has 1 amide bonds. The summed E-state index contributed by atoms with van der Waals surface area (Å²) in [6.07, 6.45) is 0. The number of halogens is 1. The lowest BCUT2D eigenvalue weighted by Crippen LogP contribution is -2.13. The van der Waals surface area contributed by atoms with Crippen LogP contribution in [0.2, 0.25) is 5.02 Å². The molecule has 0 heterocycles. The van der Waals surface area contributed by atoms with Crippen molar-refractivity contribution in [3.05, 3.63) is 93.0 Å². The first-order chi connectivity index (χ1) is 12.9. The molecular weight excluding hydrogens is 368 g/mol. The van der Waals surface area contributed by atoms with Crippen LogP contribution in [0.25, 0.3) is 0 Å². The van der Waals surface area contributed by atoms with Gasteiger partial charge in [0.05, 0.1) is 21.2 Å². The number of hydrogen-bond acceptors (Lipinski definition) is 4. The van der Waals surface area contributed by atoms with E-state index in [0.717, 1.165) is 11.6 Å². The number of hydrogen-bond donors (Lipinski definition) is 1. The molecule has 3 aromatic rings. The molecule has 0 saturated heterocycles. The highest BCUT2D eigenvalue weighted by atomic mass is 35.5. The van der Waals surface area contributed by atoms with Crippen LogP contribution in [0.1, 0.15) is 15.9 Å². The Morgan fingerprint density at radius 1 is 1.07 bits per heavy atom. The van der Waals surface area contributed by atoms with Gasteiger partial charge in [-0.2, -0.15) is 0 Å². The van der Waals surface area contributed by atoms with Crippen LogP contribution < -0.4 is 10.1 Å². The van der Waals surface area contributed by atoms with Gasteiger partial charge in [0, 0.05) is 12.1 Å². The Bertz CT molecular complexity index is 1000. The maximum absolute atomic E-state index is 12.5. The van der Waals surface area contributed by atoms with Crippen LogP contribution in [0.15, 0.2) is 66.7 Å². The number of rotatable bonds is 5. The van der Waals surface area contributed by atoms with Gasteiger partial charge in [-0.3, -0.25) is 14.9 Å². The molecule has 0 aliphatic carbocycles. The van der Waals surface area contributed by atoms with Crippen LogP contribution in [-0.2, 0) is 0 Å². The number of carbonyl (C=O) groups excluding carboxylic acids is 1. The zero-order chi connectivity index (χ0) is 19.4. The molecule has 1 N–H and O–H groups in total. The predicted octanol–water partition coefficient (Wildman–Crippen LogP) is 5.60. The minimum atomic E-state index is -0.571. The number of nitrogens with zero attached hydrogens (tertiary/aromatic N) is 1. The van der Waals surface area contributed by atoms with Crippen molar-refractivity contribution in [3.63, 3.8) is 0 Å². The molecule has 0 aromatic heterocycles. The molecule has 136 valence electrons. The second kappa shape index (κ2) is 7.88. The SMILES string of the molecule is Cc1ccc(Oc2ccccc2NC(=O)c2ccc([N+](=O)[O-])cc2Cl)cc1. The highest BCUT2D eigenvalue weighted by Crippen LogP contribution is 2.30. The standard InChI is InChI=1S/C20H15ClN2O4/c1-13-6-9-15(10-7-13)27-19-5-3-2-4-18(19)22-20(24)16-11-8-14(23(25)26)12-17(16)21/h2-12H,1H3,(H,22,24). The minimum Gasteiger partial charge on any atom is -0.455 e. The molecule has 0 spiro atoms. The third kappa shape index (κ3) is 4.43. The van der Waals surface area contributed by atoms with Crippen LogP contribution in [0, 0.1) is 17.0 Å². The van der Waals surface area contributed by atoms with Crippen LogP contribution in [-0.4, -0.2) is 10.8 Å². The summed E-state index contributed by atoms with van der Waals surface area (Å²) >= 11 is 6.02. The highest BCUT2D eigenvalue weighted by Gasteiger charge is 2.16. The van der Waals surface area contributed by atoms with Crippen molar-refractivity contribution < 1.29 is 14.5 Å². The van der Waals surface area contributed by atoms with E-state index in [4.69, 9.17) is 16.3 Å². The fourth-order valence-corrected chi connectivity index (χ4v) is 2.64. The molecule has 0 aliphatic rings. The van der Waals surface area contributed by atoms with Gasteiger partial charge in [-0.05, 0) is 37.3 Å². The highest BCUT2D eigenvalue weighted by molar-refractivity contribution is 6.34. The fraction of sp³-hybridized carbons (Fsp3) is 0.0500. The van der Waals surface area contributed by atoms with Crippen LogP contribution in [0.5, 0.6) is 11.5 Å². The van der Waals surface area contributed by atoms with Crippen molar-refractivity contribution in [1.29, 1.82) is 0 Å². The molecule has 0 aliphatic heterocycles. The van der Waals surface area contributed by atoms with Gasteiger partial charge in [-0.25, -0.2) is 0 Å². The lowest BCUT2D eigenvalue weighted by Gasteiger charge is -2.13. The Hall–Kier alpha value is -3.38. The molecule has 0 fully saturated rings. The van der Waals surface area contributed by atoms with E-state index in [0.29, 0.717) is 17.2 Å². The molecule has 0 atom stereocenters. The maximum Gasteiger partial charge on any atom is 0.270 e. The zero-order valence-corrected chi connectivity index (χ0v) is 15.1. The molecule has 3 aromatic carbocycles. The Morgan fingerprint density at radius 2 is 1.78 bits per heavy atom. The van der Waals surface area contributed by atoms with Gasteiger partial charge >= 0.3 is 0 Å². The molecule has 3 rings (SSSR count). The van der Waals surface area contributed by atoms with Gasteiger partial charge in [-0.15, -0.1) is 0 Å². The summed E-state index contributed by atoms with van der Waals surface area (Å²) in [6, 6.07) is 18.2. The smallest absolute Gasteiger partial charge is 0.270 e. The van der Waals surface area contributed by atoms with E-state index < -0.39 is 10.8 Å². The summed E-state index contributed by atoms with van der Waals surface area (Å²) in [5.41, 5.74) is 1.52. The lowest BCUT2D eigenvalue weighted by molar-refractivity contribution is -0.384. The summed E-state index contributed by atoms with van der Waals surface area (Å²) in [5, 5.41) is 13.5. The van der Waals surface area contributed by atoms with E-state index in [1.165, 1.54) is 12.1 Å². The predicted molar refractivity (Wildman–Crippen MR) is 104 cm³/mol. The van der Waals surface area contributed by atoms with Gasteiger partial charge < -0.3 is 10.1 Å². The summed E-state index contributed by atoms with van der Waals surface area (Å²) < 4.78 is 5.85. The Labute approximate surface area is 160 Å². The number of carbonyl (C=O) groups is 1. The number of nitro benzene ring substituents is 1. The zero-order valence-electron chi connectivity index (χ0n) is 14.3. The first-order valence-corrected chi connectivity index (χ1v) is 8.40. The maximum atomic E-state index is 12.5. The third-order valence-electron chi connectivity index (χ3n) is 3.79. The number of para-hydroxylation sites is 2. The summed E-state index contributed by atoms with van der Waals surface area (Å²) in [7, 11) is 0. The van der Waals surface area contributed by atoms with Crippen molar-refractivity contribution in [3.8, 4) is 11.5 Å². The van der Waals surface area contributed by atoms with E-state index in [-0.39, 0.29) is 16.3 Å². The molecule has 0 bridgehead atoms. The van der Waals surface area contributed by atoms with E-state index >= 15 is 0 Å². The number of nitro groups is 1. The molecule has 0 radical (unpaired) electrons. The molecular formula is C20H15ClN2O4. The van der Waals surface area contributed by atoms with Crippen molar-refractivity contribution in [2.75, 3.05) is 5.32 Å². The van der Waals surface area contributed by atoms with Gasteiger partial charge in [0.2, 0.25) is 0 Å². The first kappa shape index (κ1) is 18.4. The monoisotopic (exact) mass is 382 g/mol.